The molecule has 0 radical (unpaired) electrons. The molecule has 23 heavy (non-hydrogen) atoms. The van der Waals surface area contributed by atoms with Crippen LogP contribution in [0.4, 0.5) is 23.7 Å². The molecule has 0 bridgehead atoms. The van der Waals surface area contributed by atoms with Crippen molar-refractivity contribution in [1.82, 2.24) is 10.1 Å². The van der Waals surface area contributed by atoms with E-state index in [2.05, 4.69) is 15.2 Å². The van der Waals surface area contributed by atoms with Crippen LogP contribution in [0.2, 0.25) is 0 Å². The van der Waals surface area contributed by atoms with Crippen molar-refractivity contribution in [1.29, 1.82) is 0 Å². The molecule has 9 heteroatoms. The number of aryl methyl sites for hydroxylation is 1. The highest BCUT2D eigenvalue weighted by Crippen LogP contribution is 2.23. The molecular weight excluding hydrogens is 315 g/mol. The highest BCUT2D eigenvalue weighted by Gasteiger charge is 2.14. The Bertz CT molecular complexity index is 691. The third-order valence-electron chi connectivity index (χ3n) is 2.82. The zero-order chi connectivity index (χ0) is 17.0. The van der Waals surface area contributed by atoms with Gasteiger partial charge in [0.15, 0.2) is 11.6 Å². The summed E-state index contributed by atoms with van der Waals surface area (Å²) in [4.78, 5) is 13.3. The average Bonchev–Trinajstić information content (AvgIpc) is 2.86. The minimum absolute atomic E-state index is 0.109. The number of nitrogens with one attached hydrogen (secondary N) is 1. The molecule has 124 valence electrons. The van der Waals surface area contributed by atoms with Crippen LogP contribution in [0.5, 0.6) is 5.75 Å². The van der Waals surface area contributed by atoms with Gasteiger partial charge < -0.3 is 19.5 Å². The SMILES string of the molecule is Cc1cc(CN(C)C(=O)Nc2ccc(OC(F)F)c(F)c2)no1. The highest BCUT2D eigenvalue weighted by molar-refractivity contribution is 5.89. The van der Waals surface area contributed by atoms with Gasteiger partial charge in [-0.1, -0.05) is 5.16 Å². The maximum atomic E-state index is 13.6. The number of rotatable bonds is 5. The fourth-order valence-corrected chi connectivity index (χ4v) is 1.80. The molecule has 2 amide bonds. The van der Waals surface area contributed by atoms with Crippen LogP contribution in [-0.4, -0.2) is 29.7 Å². The fourth-order valence-electron chi connectivity index (χ4n) is 1.80. The Kier molecular flexibility index (Phi) is 5.09. The molecular formula is C14H14F3N3O3. The Morgan fingerprint density at radius 3 is 2.74 bits per heavy atom. The van der Waals surface area contributed by atoms with Gasteiger partial charge in [-0.2, -0.15) is 8.78 Å². The second kappa shape index (κ2) is 7.03. The van der Waals surface area contributed by atoms with Gasteiger partial charge in [0.1, 0.15) is 11.5 Å². The minimum Gasteiger partial charge on any atom is -0.432 e. The Morgan fingerprint density at radius 1 is 1.43 bits per heavy atom. The monoisotopic (exact) mass is 329 g/mol. The van der Waals surface area contributed by atoms with Gasteiger partial charge in [0.25, 0.3) is 0 Å². The second-order valence-electron chi connectivity index (χ2n) is 4.74. The van der Waals surface area contributed by atoms with Crippen molar-refractivity contribution in [3.8, 4) is 5.75 Å². The van der Waals surface area contributed by atoms with Crippen LogP contribution in [0, 0.1) is 12.7 Å². The highest BCUT2D eigenvalue weighted by atomic mass is 19.3. The van der Waals surface area contributed by atoms with Gasteiger partial charge in [0.2, 0.25) is 0 Å². The molecule has 0 atom stereocenters. The lowest BCUT2D eigenvalue weighted by atomic mass is 10.3. The van der Waals surface area contributed by atoms with E-state index >= 15 is 0 Å². The standard InChI is InChI=1S/C14H14F3N3O3/c1-8-5-10(19-23-8)7-20(2)14(21)18-9-3-4-12(11(15)6-9)22-13(16)17/h3-6,13H,7H2,1-2H3,(H,18,21). The summed E-state index contributed by atoms with van der Waals surface area (Å²) in [5.74, 6) is -0.979. The van der Waals surface area contributed by atoms with Gasteiger partial charge in [-0.3, -0.25) is 0 Å². The number of nitrogens with zero attached hydrogens (tertiary/aromatic N) is 2. The van der Waals surface area contributed by atoms with Gasteiger partial charge in [0, 0.05) is 24.9 Å². The molecule has 0 saturated heterocycles. The predicted octanol–water partition coefficient (Wildman–Crippen LogP) is 3.39. The summed E-state index contributed by atoms with van der Waals surface area (Å²) in [7, 11) is 1.52. The Labute approximate surface area is 129 Å². The van der Waals surface area contributed by atoms with Crippen LogP contribution < -0.4 is 10.1 Å². The van der Waals surface area contributed by atoms with Crippen LogP contribution in [-0.2, 0) is 6.54 Å². The number of hydrogen-bond donors (Lipinski definition) is 1. The number of urea groups is 1. The molecule has 1 heterocycles. The molecule has 2 rings (SSSR count). The average molecular weight is 329 g/mol. The first-order chi connectivity index (χ1) is 10.8. The molecule has 0 fully saturated rings. The van der Waals surface area contributed by atoms with Crippen molar-refractivity contribution in [2.75, 3.05) is 12.4 Å². The van der Waals surface area contributed by atoms with Crippen molar-refractivity contribution in [3.63, 3.8) is 0 Å². The maximum absolute atomic E-state index is 13.6. The molecule has 0 saturated carbocycles. The molecule has 0 spiro atoms. The Balaban J connectivity index is 1.97. The van der Waals surface area contributed by atoms with E-state index in [1.165, 1.54) is 18.0 Å². The number of hydrogen-bond acceptors (Lipinski definition) is 4. The third-order valence-corrected chi connectivity index (χ3v) is 2.82. The molecule has 0 aliphatic rings. The van der Waals surface area contributed by atoms with E-state index in [1.807, 2.05) is 0 Å². The lowest BCUT2D eigenvalue weighted by Gasteiger charge is -2.17. The van der Waals surface area contributed by atoms with Gasteiger partial charge in [0.05, 0.1) is 6.54 Å². The van der Waals surface area contributed by atoms with Crippen molar-refractivity contribution in [2.24, 2.45) is 0 Å². The summed E-state index contributed by atoms with van der Waals surface area (Å²) in [6.07, 6.45) is 0. The number of anilines is 1. The van der Waals surface area contributed by atoms with E-state index in [0.717, 1.165) is 12.1 Å². The first-order valence-corrected chi connectivity index (χ1v) is 6.54. The van der Waals surface area contributed by atoms with Crippen LogP contribution >= 0.6 is 0 Å². The molecule has 2 aromatic rings. The van der Waals surface area contributed by atoms with E-state index in [9.17, 15) is 18.0 Å². The number of halogens is 3. The molecule has 1 N–H and O–H groups in total. The van der Waals surface area contributed by atoms with Gasteiger partial charge in [-0.15, -0.1) is 0 Å². The van der Waals surface area contributed by atoms with Crippen LogP contribution in [0.1, 0.15) is 11.5 Å². The topological polar surface area (TPSA) is 67.6 Å². The van der Waals surface area contributed by atoms with Gasteiger partial charge in [-0.05, 0) is 19.1 Å². The van der Waals surface area contributed by atoms with E-state index in [0.29, 0.717) is 11.5 Å². The smallest absolute Gasteiger partial charge is 0.387 e. The number of amides is 2. The molecule has 0 unspecified atom stereocenters. The van der Waals surface area contributed by atoms with Crippen molar-refractivity contribution in [3.05, 3.63) is 41.5 Å². The summed E-state index contributed by atoms with van der Waals surface area (Å²) in [5.41, 5.74) is 0.671. The summed E-state index contributed by atoms with van der Waals surface area (Å²) in [5, 5.41) is 6.19. The van der Waals surface area contributed by atoms with Crippen molar-refractivity contribution < 1.29 is 27.2 Å². The number of benzene rings is 1. The van der Waals surface area contributed by atoms with E-state index < -0.39 is 24.2 Å². The zero-order valence-electron chi connectivity index (χ0n) is 12.3. The predicted molar refractivity (Wildman–Crippen MR) is 74.8 cm³/mol. The molecule has 0 aliphatic heterocycles. The maximum Gasteiger partial charge on any atom is 0.387 e. The quantitative estimate of drug-likeness (QED) is 0.913. The molecule has 0 aliphatic carbocycles. The van der Waals surface area contributed by atoms with Crippen LogP contribution in [0.3, 0.4) is 0 Å². The number of aromatic nitrogens is 1. The number of carbonyl (C=O) groups excluding carboxylic acids is 1. The van der Waals surface area contributed by atoms with Gasteiger partial charge >= 0.3 is 12.6 Å². The lowest BCUT2D eigenvalue weighted by molar-refractivity contribution is -0.0521. The molecule has 1 aromatic heterocycles. The summed E-state index contributed by atoms with van der Waals surface area (Å²) >= 11 is 0. The summed E-state index contributed by atoms with van der Waals surface area (Å²) in [6, 6.07) is 4.32. The lowest BCUT2D eigenvalue weighted by Crippen LogP contribution is -2.31. The van der Waals surface area contributed by atoms with Crippen molar-refractivity contribution in [2.45, 2.75) is 20.1 Å². The summed E-state index contributed by atoms with van der Waals surface area (Å²) in [6.45, 7) is -1.21. The Hall–Kier alpha value is -2.71. The first-order valence-electron chi connectivity index (χ1n) is 6.54. The van der Waals surface area contributed by atoms with Crippen molar-refractivity contribution >= 4 is 11.7 Å². The summed E-state index contributed by atoms with van der Waals surface area (Å²) < 4.78 is 46.5. The normalized spacial score (nSPS) is 10.7. The number of carbonyl (C=O) groups is 1. The minimum atomic E-state index is -3.12. The van der Waals surface area contributed by atoms with Crippen LogP contribution in [0.15, 0.2) is 28.8 Å². The molecule has 6 nitrogen and oxygen atoms in total. The fraction of sp³-hybridized carbons (Fsp3) is 0.286. The van der Waals surface area contributed by atoms with Crippen LogP contribution in [0.25, 0.3) is 0 Å². The largest absolute Gasteiger partial charge is 0.432 e. The Morgan fingerprint density at radius 2 is 2.17 bits per heavy atom. The van der Waals surface area contributed by atoms with E-state index in [4.69, 9.17) is 4.52 Å². The number of alkyl halides is 2. The van der Waals surface area contributed by atoms with Gasteiger partial charge in [-0.25, -0.2) is 9.18 Å². The third kappa shape index (κ3) is 4.63. The second-order valence-corrected chi connectivity index (χ2v) is 4.74. The van der Waals surface area contributed by atoms with E-state index in [-0.39, 0.29) is 12.2 Å². The van der Waals surface area contributed by atoms with E-state index in [1.54, 1.807) is 13.0 Å². The molecule has 1 aromatic carbocycles. The zero-order valence-corrected chi connectivity index (χ0v) is 12.3. The first kappa shape index (κ1) is 16.7. The number of ether oxygens (including phenoxy) is 1.